The van der Waals surface area contributed by atoms with Crippen molar-refractivity contribution in [1.82, 2.24) is 29.8 Å². The van der Waals surface area contributed by atoms with Gasteiger partial charge in [-0.1, -0.05) is 0 Å². The molecule has 3 atom stereocenters. The van der Waals surface area contributed by atoms with Gasteiger partial charge in [-0.25, -0.2) is 18.9 Å². The van der Waals surface area contributed by atoms with Crippen LogP contribution in [-0.4, -0.2) is 107 Å². The summed E-state index contributed by atoms with van der Waals surface area (Å²) in [5.74, 6) is -3.02. The van der Waals surface area contributed by atoms with Crippen molar-refractivity contribution in [2.24, 2.45) is 0 Å². The number of nitrogen functional groups attached to an aromatic ring is 1. The summed E-state index contributed by atoms with van der Waals surface area (Å²) in [5.41, 5.74) is 2.96. The van der Waals surface area contributed by atoms with Gasteiger partial charge in [-0.05, 0) is 30.4 Å². The van der Waals surface area contributed by atoms with Gasteiger partial charge in [-0.3, -0.25) is 9.59 Å². The first-order valence-electron chi connectivity index (χ1n) is 11.2. The number of fused-ring (bicyclic) bond motifs is 1. The van der Waals surface area contributed by atoms with E-state index < -0.39 is 60.1 Å². The van der Waals surface area contributed by atoms with Gasteiger partial charge in [0.05, 0.1) is 18.3 Å². The van der Waals surface area contributed by atoms with Crippen LogP contribution in [0.3, 0.4) is 0 Å². The Morgan fingerprint density at radius 1 is 1.21 bits per heavy atom. The molecule has 0 aliphatic carbocycles. The third kappa shape index (κ3) is 5.51. The van der Waals surface area contributed by atoms with Crippen LogP contribution in [0.15, 0.2) is 30.7 Å². The average molecular weight is 541 g/mol. The van der Waals surface area contributed by atoms with E-state index in [2.05, 4.69) is 20.4 Å². The molecule has 11 nitrogen and oxygen atoms in total. The third-order valence-electron chi connectivity index (χ3n) is 5.97. The summed E-state index contributed by atoms with van der Waals surface area (Å²) in [6, 6.07) is 3.07. The molecule has 1 fully saturated rings. The minimum Gasteiger partial charge on any atom is -0.500 e. The molecular weight excluding hydrogens is 523 g/mol. The lowest BCUT2D eigenvalue weighted by Crippen LogP contribution is -2.56. The van der Waals surface area contributed by atoms with Gasteiger partial charge in [0.25, 0.3) is 11.8 Å². The summed E-state index contributed by atoms with van der Waals surface area (Å²) < 4.78 is 60.6. The van der Waals surface area contributed by atoms with E-state index in [4.69, 9.17) is 34.0 Å². The lowest BCUT2D eigenvalue weighted by atomic mass is 9.52. The van der Waals surface area contributed by atoms with Gasteiger partial charge in [-0.2, -0.15) is 18.3 Å². The number of carbonyl (C=O) groups excluding carboxylic acids is 2. The molecule has 39 heavy (non-hydrogen) atoms. The molecule has 0 aromatic carbocycles. The van der Waals surface area contributed by atoms with Gasteiger partial charge in [0, 0.05) is 18.3 Å². The number of aliphatic hydroxyl groups is 1. The van der Waals surface area contributed by atoms with Crippen molar-refractivity contribution >= 4 is 46.7 Å². The first-order valence-corrected chi connectivity index (χ1v) is 11.2. The number of hydrogen-bond acceptors (Lipinski definition) is 8. The largest absolute Gasteiger partial charge is 0.500 e. The molecule has 0 unspecified atom stereocenters. The molecule has 1 saturated heterocycles. The number of rotatable bonds is 6. The number of pyridine rings is 1. The maximum atomic E-state index is 14.7. The number of halogens is 4. The van der Waals surface area contributed by atoms with Gasteiger partial charge < -0.3 is 25.8 Å². The summed E-state index contributed by atoms with van der Waals surface area (Å²) >= 11 is 0. The van der Waals surface area contributed by atoms with Crippen LogP contribution in [0.4, 0.5) is 23.4 Å². The number of anilines is 1. The Morgan fingerprint density at radius 3 is 2.54 bits per heavy atom. The molecule has 4 N–H and O–H groups in total. The lowest BCUT2D eigenvalue weighted by molar-refractivity contribution is -0.249. The number of ether oxygens (including phenoxy) is 1. The van der Waals surface area contributed by atoms with Gasteiger partial charge in [-0.15, -0.1) is 0 Å². The Labute approximate surface area is 222 Å². The highest BCUT2D eigenvalue weighted by Gasteiger charge is 2.58. The van der Waals surface area contributed by atoms with E-state index in [9.17, 15) is 32.3 Å². The first kappa shape index (κ1) is 28.2. The maximum absolute atomic E-state index is 14.7. The molecule has 4 heterocycles. The zero-order valence-electron chi connectivity index (χ0n) is 20.2. The van der Waals surface area contributed by atoms with E-state index in [0.717, 1.165) is 0 Å². The molecule has 6 radical (unpaired) electrons. The van der Waals surface area contributed by atoms with Crippen molar-refractivity contribution < 1.29 is 37.0 Å². The number of carbonyl (C=O) groups is 2. The molecule has 2 amide bonds. The van der Waals surface area contributed by atoms with Crippen molar-refractivity contribution in [2.75, 3.05) is 18.8 Å². The smallest absolute Gasteiger partial charge is 0.426 e. The molecule has 0 bridgehead atoms. The highest BCUT2D eigenvalue weighted by atomic mass is 19.4. The molecule has 1 aliphatic heterocycles. The van der Waals surface area contributed by atoms with Crippen molar-refractivity contribution in [1.29, 1.82) is 0 Å². The van der Waals surface area contributed by atoms with Crippen LogP contribution in [0.1, 0.15) is 17.3 Å². The standard InChI is InChI=1S/C21H18B3F4N7O4/c1-19(38,20(26,27)28)18(37)34-6-11(25)12(7-34)33-16(36)10-4-9(5-30-17(10)39-21(22,23)24)13-2-3-14-15(29)31-8-32-35(13)14/h2-5,8,11-12,38H,6-7H2,1H3,(H,33,36)(H2,29,31,32)/t11-,12+,19+/m0/s1. The van der Waals surface area contributed by atoms with E-state index in [1.165, 1.54) is 23.1 Å². The number of nitrogens with zero attached hydrogens (tertiary/aromatic N) is 5. The normalized spacial score (nSPS) is 19.6. The molecule has 3 aromatic heterocycles. The average Bonchev–Trinajstić information content (AvgIpc) is 3.41. The van der Waals surface area contributed by atoms with Crippen LogP contribution in [0.2, 0.25) is 0 Å². The fraction of sp³-hybridized carbons (Fsp3) is 0.381. The van der Waals surface area contributed by atoms with E-state index in [0.29, 0.717) is 21.7 Å². The predicted molar refractivity (Wildman–Crippen MR) is 131 cm³/mol. The maximum Gasteiger partial charge on any atom is 0.426 e. The fourth-order valence-corrected chi connectivity index (χ4v) is 3.92. The van der Waals surface area contributed by atoms with E-state index in [1.54, 1.807) is 12.1 Å². The number of nitrogens with one attached hydrogen (secondary N) is 1. The topological polar surface area (TPSA) is 148 Å². The zero-order chi connectivity index (χ0) is 28.9. The first-order chi connectivity index (χ1) is 18.0. The van der Waals surface area contributed by atoms with Crippen LogP contribution in [0.5, 0.6) is 5.88 Å². The summed E-state index contributed by atoms with van der Waals surface area (Å²) in [4.78, 5) is 33.9. The molecular formula is C21H18B3F4N7O4. The number of alkyl halides is 4. The third-order valence-corrected chi connectivity index (χ3v) is 5.97. The summed E-state index contributed by atoms with van der Waals surface area (Å²) in [7, 11) is 16.4. The quantitative estimate of drug-likeness (QED) is 0.279. The molecule has 0 spiro atoms. The molecule has 3 aromatic rings. The fourth-order valence-electron chi connectivity index (χ4n) is 3.92. The number of likely N-dealkylation sites (tertiary alicyclic amines) is 1. The second kappa shape index (κ2) is 9.74. The Kier molecular flexibility index (Phi) is 7.04. The highest BCUT2D eigenvalue weighted by Crippen LogP contribution is 2.33. The molecule has 18 heteroatoms. The lowest BCUT2D eigenvalue weighted by Gasteiger charge is -2.29. The second-order valence-corrected chi connectivity index (χ2v) is 9.07. The Balaban J connectivity index is 1.63. The van der Waals surface area contributed by atoms with Crippen LogP contribution in [0, 0.1) is 0 Å². The number of hydrogen-bond donors (Lipinski definition) is 3. The van der Waals surface area contributed by atoms with Crippen LogP contribution >= 0.6 is 0 Å². The SMILES string of the molecule is [B]C([B])([B])Oc1ncc(-c2ccc3c(N)ncnn23)cc1C(=O)N[C@@H]1CN(C(=O)[C@@](C)(O)C(F)(F)F)C[C@@H]1F. The van der Waals surface area contributed by atoms with Gasteiger partial charge >= 0.3 is 6.18 Å². The van der Waals surface area contributed by atoms with E-state index >= 15 is 0 Å². The van der Waals surface area contributed by atoms with Gasteiger partial charge in [0.2, 0.25) is 11.5 Å². The minimum atomic E-state index is -5.30. The monoisotopic (exact) mass is 541 g/mol. The van der Waals surface area contributed by atoms with Crippen molar-refractivity contribution in [3.8, 4) is 17.1 Å². The van der Waals surface area contributed by atoms with Crippen LogP contribution < -0.4 is 15.8 Å². The van der Waals surface area contributed by atoms with Crippen LogP contribution in [0.25, 0.3) is 16.8 Å². The number of nitrogens with two attached hydrogens (primary N) is 1. The summed E-state index contributed by atoms with van der Waals surface area (Å²) in [5, 5.41) is 13.8. The Bertz CT molecular complexity index is 1430. The van der Waals surface area contributed by atoms with Crippen molar-refractivity contribution in [2.45, 2.75) is 36.2 Å². The minimum absolute atomic E-state index is 0.181. The zero-order valence-corrected chi connectivity index (χ0v) is 20.2. The van der Waals surface area contributed by atoms with E-state index in [-0.39, 0.29) is 18.3 Å². The van der Waals surface area contributed by atoms with Crippen molar-refractivity contribution in [3.63, 3.8) is 0 Å². The summed E-state index contributed by atoms with van der Waals surface area (Å²) in [6.07, 6.45) is -4.77. The number of amides is 2. The van der Waals surface area contributed by atoms with Gasteiger partial charge in [0.1, 0.15) is 47.1 Å². The molecule has 198 valence electrons. The number of aromatic nitrogens is 4. The summed E-state index contributed by atoms with van der Waals surface area (Å²) in [6.45, 7) is -1.19. The Morgan fingerprint density at radius 2 is 1.90 bits per heavy atom. The molecule has 1 aliphatic rings. The second-order valence-electron chi connectivity index (χ2n) is 9.07. The van der Waals surface area contributed by atoms with Crippen molar-refractivity contribution in [3.05, 3.63) is 36.3 Å². The Hall–Kier alpha value is -3.82. The van der Waals surface area contributed by atoms with Gasteiger partial charge in [0.15, 0.2) is 5.82 Å². The molecule has 0 saturated carbocycles. The highest BCUT2D eigenvalue weighted by molar-refractivity contribution is 6.58. The predicted octanol–water partition coefficient (Wildman–Crippen LogP) is -0.539. The van der Waals surface area contributed by atoms with Crippen LogP contribution in [-0.2, 0) is 4.79 Å². The molecule has 4 rings (SSSR count). The van der Waals surface area contributed by atoms with E-state index in [1.807, 2.05) is 0 Å².